The summed E-state index contributed by atoms with van der Waals surface area (Å²) in [6.45, 7) is 17.5. The Morgan fingerprint density at radius 1 is 1.02 bits per heavy atom. The van der Waals surface area contributed by atoms with Crippen molar-refractivity contribution in [1.82, 2.24) is 4.90 Å². The van der Waals surface area contributed by atoms with Crippen LogP contribution in [0.25, 0.3) is 0 Å². The number of hydrogen-bond acceptors (Lipinski definition) is 5. The van der Waals surface area contributed by atoms with Crippen molar-refractivity contribution >= 4 is 20.0 Å². The summed E-state index contributed by atoms with van der Waals surface area (Å²) in [5.74, 6) is 4.72. The Hall–Kier alpha value is -1.86. The molecule has 1 amide bonds. The van der Waals surface area contributed by atoms with Crippen molar-refractivity contribution in [2.45, 2.75) is 142 Å². The van der Waals surface area contributed by atoms with E-state index >= 15 is 0 Å². The predicted molar refractivity (Wildman–Crippen MR) is 192 cm³/mol. The minimum Gasteiger partial charge on any atom is -0.508 e. The third-order valence-corrected chi connectivity index (χ3v) is 18.6. The van der Waals surface area contributed by atoms with Gasteiger partial charge >= 0.3 is 0 Å². The van der Waals surface area contributed by atoms with E-state index in [4.69, 9.17) is 9.16 Å². The van der Waals surface area contributed by atoms with E-state index in [0.29, 0.717) is 66.7 Å². The largest absolute Gasteiger partial charge is 0.508 e. The first-order valence-corrected chi connectivity index (χ1v) is 21.7. The number of carbonyl (C=O) groups excluding carboxylic acids is 2. The second-order valence-corrected chi connectivity index (χ2v) is 22.9. The molecule has 7 heteroatoms. The molecule has 0 aliphatic heterocycles. The van der Waals surface area contributed by atoms with Gasteiger partial charge in [0.05, 0.1) is 12.7 Å². The number of ketones is 1. The van der Waals surface area contributed by atoms with Crippen LogP contribution in [0.5, 0.6) is 11.5 Å². The molecule has 264 valence electrons. The van der Waals surface area contributed by atoms with Gasteiger partial charge in [-0.2, -0.15) is 0 Å². The summed E-state index contributed by atoms with van der Waals surface area (Å²) in [4.78, 5) is 26.3. The van der Waals surface area contributed by atoms with Gasteiger partial charge in [0, 0.05) is 39.4 Å². The lowest BCUT2D eigenvalue weighted by atomic mass is 9.42. The van der Waals surface area contributed by atoms with E-state index < -0.39 is 8.32 Å². The quantitative estimate of drug-likeness (QED) is 0.188. The van der Waals surface area contributed by atoms with Crippen LogP contribution in [0.3, 0.4) is 0 Å². The van der Waals surface area contributed by atoms with Crippen LogP contribution in [0.2, 0.25) is 18.1 Å². The molecule has 3 unspecified atom stereocenters. The fraction of sp³-hybridized carbons (Fsp3) is 0.800. The predicted octanol–water partition coefficient (Wildman–Crippen LogP) is 9.19. The number of Topliss-reactive ketones (excluding diaryl/α,β-unsaturated/α-hetero) is 1. The summed E-state index contributed by atoms with van der Waals surface area (Å²) >= 11 is 0. The highest BCUT2D eigenvalue weighted by molar-refractivity contribution is 6.74. The molecule has 0 saturated heterocycles. The number of hydrogen-bond donors (Lipinski definition) is 1. The summed E-state index contributed by atoms with van der Waals surface area (Å²) in [6, 6.07) is 5.61. The van der Waals surface area contributed by atoms with Crippen molar-refractivity contribution in [1.29, 1.82) is 0 Å². The zero-order valence-electron chi connectivity index (χ0n) is 31.1. The van der Waals surface area contributed by atoms with Crippen molar-refractivity contribution in [2.75, 3.05) is 20.7 Å². The topological polar surface area (TPSA) is 76.1 Å². The number of aromatic hydroxyl groups is 1. The summed E-state index contributed by atoms with van der Waals surface area (Å²) in [5, 5.41) is 10.7. The number of amides is 1. The highest BCUT2D eigenvalue weighted by Gasteiger charge is 2.63. The first-order chi connectivity index (χ1) is 21.9. The first-order valence-electron chi connectivity index (χ1n) is 18.8. The van der Waals surface area contributed by atoms with Gasteiger partial charge in [0.1, 0.15) is 17.3 Å². The number of phenolic OH excluding ortho intramolecular Hbond substituents is 1. The van der Waals surface area contributed by atoms with Crippen molar-refractivity contribution in [2.24, 2.45) is 40.4 Å². The van der Waals surface area contributed by atoms with Gasteiger partial charge in [0.15, 0.2) is 8.32 Å². The molecule has 6 nitrogen and oxygen atoms in total. The number of ether oxygens (including phenoxy) is 1. The van der Waals surface area contributed by atoms with Gasteiger partial charge in [-0.05, 0) is 140 Å². The summed E-state index contributed by atoms with van der Waals surface area (Å²) in [7, 11) is 1.66. The van der Waals surface area contributed by atoms with Gasteiger partial charge in [-0.3, -0.25) is 9.59 Å². The molecule has 4 aliphatic rings. The lowest BCUT2D eigenvalue weighted by Crippen LogP contribution is -2.58. The van der Waals surface area contributed by atoms with E-state index in [-0.39, 0.29) is 27.5 Å². The molecule has 1 aromatic rings. The monoisotopic (exact) mass is 667 g/mol. The molecule has 0 heterocycles. The summed E-state index contributed by atoms with van der Waals surface area (Å²) < 4.78 is 13.2. The maximum Gasteiger partial charge on any atom is 0.222 e. The van der Waals surface area contributed by atoms with Crippen molar-refractivity contribution in [3.8, 4) is 11.5 Å². The molecule has 1 N–H and O–H groups in total. The lowest BCUT2D eigenvalue weighted by Gasteiger charge is -2.63. The van der Waals surface area contributed by atoms with Gasteiger partial charge in [-0.25, -0.2) is 0 Å². The van der Waals surface area contributed by atoms with Crippen LogP contribution in [-0.2, 0) is 20.4 Å². The number of benzene rings is 1. The molecule has 1 aromatic carbocycles. The average molecular weight is 668 g/mol. The molecular formula is C40H65NO5Si. The minimum atomic E-state index is -1.88. The van der Waals surface area contributed by atoms with E-state index in [2.05, 4.69) is 53.8 Å². The molecule has 0 radical (unpaired) electrons. The maximum atomic E-state index is 12.8. The third-order valence-electron chi connectivity index (χ3n) is 14.1. The summed E-state index contributed by atoms with van der Waals surface area (Å²) in [5.41, 5.74) is 1.62. The zero-order valence-corrected chi connectivity index (χ0v) is 32.1. The highest BCUT2D eigenvalue weighted by atomic mass is 28.4. The van der Waals surface area contributed by atoms with Crippen molar-refractivity contribution < 1.29 is 23.9 Å². The molecule has 47 heavy (non-hydrogen) atoms. The molecular weight excluding hydrogens is 603 g/mol. The Bertz CT molecular complexity index is 1290. The fourth-order valence-corrected chi connectivity index (χ4v) is 11.7. The van der Waals surface area contributed by atoms with Gasteiger partial charge < -0.3 is 19.2 Å². The Morgan fingerprint density at radius 2 is 1.74 bits per heavy atom. The minimum absolute atomic E-state index is 0.0996. The van der Waals surface area contributed by atoms with Crippen LogP contribution in [0.1, 0.15) is 117 Å². The highest BCUT2D eigenvalue weighted by Crippen LogP contribution is 2.68. The molecule has 5 rings (SSSR count). The normalized spacial score (nSPS) is 33.9. The van der Waals surface area contributed by atoms with Gasteiger partial charge in [-0.1, -0.05) is 34.6 Å². The Kier molecular flexibility index (Phi) is 10.7. The van der Waals surface area contributed by atoms with E-state index in [9.17, 15) is 14.7 Å². The van der Waals surface area contributed by atoms with Gasteiger partial charge in [-0.15, -0.1) is 0 Å². The second-order valence-electron chi connectivity index (χ2n) is 18.2. The van der Waals surface area contributed by atoms with E-state index in [1.54, 1.807) is 25.1 Å². The number of nitrogens with zero attached hydrogens (tertiary/aromatic N) is 1. The van der Waals surface area contributed by atoms with Crippen molar-refractivity contribution in [3.05, 3.63) is 23.8 Å². The molecule has 4 saturated carbocycles. The molecule has 0 aromatic heterocycles. The van der Waals surface area contributed by atoms with Gasteiger partial charge in [0.2, 0.25) is 5.91 Å². The Balaban J connectivity index is 1.30. The molecule has 8 atom stereocenters. The van der Waals surface area contributed by atoms with E-state index in [1.165, 1.54) is 38.5 Å². The smallest absolute Gasteiger partial charge is 0.222 e. The Labute approximate surface area is 286 Å². The average Bonchev–Trinajstić information content (AvgIpc) is 3.30. The number of phenols is 1. The molecule has 0 bridgehead atoms. The van der Waals surface area contributed by atoms with E-state index in [0.717, 1.165) is 37.7 Å². The Morgan fingerprint density at radius 3 is 2.45 bits per heavy atom. The maximum absolute atomic E-state index is 12.8. The molecule has 4 fully saturated rings. The number of fused-ring (bicyclic) bond motifs is 5. The first kappa shape index (κ1) is 36.4. The van der Waals surface area contributed by atoms with Crippen molar-refractivity contribution in [3.63, 3.8) is 0 Å². The molecule has 4 aliphatic carbocycles. The van der Waals surface area contributed by atoms with Crippen LogP contribution in [0.15, 0.2) is 18.2 Å². The number of carbonyl (C=O) groups is 2. The standard InChI is InChI=1S/C40H65NO5Si/c1-38(2,3)47(8,9)46-35-16-15-33-37-28(24-29-25-30(42)17-19-39(29,4)34(37)18-20-40(33,35)5)13-10-12-27-22-31(43)26-32(23-27)45-21-11-14-36(44)41(6)7/h22-23,26,28-29,33-35,37,43H,10-21,24-25H2,1-9H3/t28?,29?,33-,34+,35?,37-,39-,40-/m0/s1. The zero-order chi connectivity index (χ0) is 34.4. The number of rotatable bonds is 11. The summed E-state index contributed by atoms with van der Waals surface area (Å²) in [6.07, 6.45) is 13.4. The van der Waals surface area contributed by atoms with Crippen LogP contribution in [-0.4, -0.2) is 56.8 Å². The second kappa shape index (κ2) is 13.8. The lowest BCUT2D eigenvalue weighted by molar-refractivity contribution is -0.155. The van der Waals surface area contributed by atoms with Crippen LogP contribution >= 0.6 is 0 Å². The van der Waals surface area contributed by atoms with Crippen LogP contribution < -0.4 is 4.74 Å². The SMILES string of the molecule is CN(C)C(=O)CCCOc1cc(O)cc(CCCC2CC3CC(=O)CC[C@]3(C)[C@@H]3CC[C@]4(C)C(O[Si](C)(C)C(C)(C)C)CC[C@H]4[C@H]23)c1. The fourth-order valence-electron chi connectivity index (χ4n) is 10.3. The van der Waals surface area contributed by atoms with E-state index in [1.807, 2.05) is 6.07 Å². The number of aryl methyl sites for hydroxylation is 1. The molecule has 0 spiro atoms. The van der Waals surface area contributed by atoms with Gasteiger partial charge in [0.25, 0.3) is 0 Å². The van der Waals surface area contributed by atoms with Crippen LogP contribution in [0, 0.1) is 40.4 Å². The van der Waals surface area contributed by atoms with Crippen LogP contribution in [0.4, 0.5) is 0 Å². The third kappa shape index (κ3) is 7.51.